The van der Waals surface area contributed by atoms with E-state index in [9.17, 15) is 22.8 Å². The molecule has 1 aliphatic carbocycles. The van der Waals surface area contributed by atoms with Gasteiger partial charge in [0.2, 0.25) is 5.91 Å². The Kier molecular flexibility index (Phi) is 5.86. The SMILES string of the molecule is CC(C)(NC(=O)Cn1nc(-c2ccc(Cl)cc2)n(C2CC2)c1=O)c1ccc(C(F)(F)F)cc1. The standard InChI is InChI=1S/C23H22ClF3N4O2/c1-22(2,15-5-7-16(8-6-15)23(25,26)27)28-19(32)13-30-21(33)31(18-11-12-18)20(29-30)14-3-9-17(24)10-4-14/h3-10,18H,11-13H2,1-2H3,(H,28,32). The molecule has 4 rings (SSSR count). The zero-order chi connectivity index (χ0) is 24.0. The van der Waals surface area contributed by atoms with E-state index in [1.165, 1.54) is 12.1 Å². The predicted octanol–water partition coefficient (Wildman–Crippen LogP) is 4.77. The molecule has 1 N–H and O–H groups in total. The topological polar surface area (TPSA) is 68.9 Å². The van der Waals surface area contributed by atoms with Crippen LogP contribution in [-0.4, -0.2) is 20.3 Å². The molecule has 1 fully saturated rings. The Balaban J connectivity index is 1.54. The van der Waals surface area contributed by atoms with Crippen molar-refractivity contribution in [2.24, 2.45) is 0 Å². The molecule has 0 aliphatic heterocycles. The first-order valence-electron chi connectivity index (χ1n) is 10.4. The number of nitrogens with zero attached hydrogens (tertiary/aromatic N) is 3. The maximum atomic E-state index is 13.0. The number of carbonyl (C=O) groups is 1. The second kappa shape index (κ2) is 8.37. The van der Waals surface area contributed by atoms with Gasteiger partial charge in [0.25, 0.3) is 0 Å². The monoisotopic (exact) mass is 478 g/mol. The van der Waals surface area contributed by atoms with Crippen molar-refractivity contribution in [1.82, 2.24) is 19.7 Å². The van der Waals surface area contributed by atoms with E-state index >= 15 is 0 Å². The molecule has 1 aliphatic rings. The highest BCUT2D eigenvalue weighted by molar-refractivity contribution is 6.30. The summed E-state index contributed by atoms with van der Waals surface area (Å²) in [6.45, 7) is 3.04. The summed E-state index contributed by atoms with van der Waals surface area (Å²) in [6.07, 6.45) is -2.71. The number of hydrogen-bond donors (Lipinski definition) is 1. The van der Waals surface area contributed by atoms with Gasteiger partial charge in [-0.25, -0.2) is 9.48 Å². The van der Waals surface area contributed by atoms with Crippen LogP contribution >= 0.6 is 11.6 Å². The number of carbonyl (C=O) groups excluding carboxylic acids is 1. The summed E-state index contributed by atoms with van der Waals surface area (Å²) >= 11 is 5.96. The van der Waals surface area contributed by atoms with Crippen LogP contribution in [0.3, 0.4) is 0 Å². The fourth-order valence-corrected chi connectivity index (χ4v) is 3.78. The van der Waals surface area contributed by atoms with Crippen LogP contribution in [0, 0.1) is 0 Å². The van der Waals surface area contributed by atoms with Gasteiger partial charge in [-0.2, -0.15) is 13.2 Å². The fraction of sp³-hybridized carbons (Fsp3) is 0.348. The second-order valence-electron chi connectivity index (χ2n) is 8.62. The van der Waals surface area contributed by atoms with Crippen molar-refractivity contribution in [1.29, 1.82) is 0 Å². The van der Waals surface area contributed by atoms with E-state index in [2.05, 4.69) is 10.4 Å². The molecular weight excluding hydrogens is 457 g/mol. The first kappa shape index (κ1) is 23.1. The summed E-state index contributed by atoms with van der Waals surface area (Å²) in [6, 6.07) is 11.6. The Morgan fingerprint density at radius 1 is 1.06 bits per heavy atom. The van der Waals surface area contributed by atoms with Gasteiger partial charge in [-0.15, -0.1) is 5.10 Å². The van der Waals surface area contributed by atoms with Gasteiger partial charge in [0.15, 0.2) is 5.82 Å². The molecule has 0 spiro atoms. The van der Waals surface area contributed by atoms with Crippen molar-refractivity contribution in [3.05, 3.63) is 75.2 Å². The zero-order valence-corrected chi connectivity index (χ0v) is 18.7. The van der Waals surface area contributed by atoms with E-state index in [1.807, 2.05) is 0 Å². The maximum Gasteiger partial charge on any atom is 0.416 e. The molecule has 33 heavy (non-hydrogen) atoms. The van der Waals surface area contributed by atoms with Crippen molar-refractivity contribution in [3.63, 3.8) is 0 Å². The minimum atomic E-state index is -4.44. The molecule has 0 saturated heterocycles. The number of alkyl halides is 3. The average Bonchev–Trinajstić information content (AvgIpc) is 3.52. The van der Waals surface area contributed by atoms with Crippen LogP contribution in [-0.2, 0) is 23.1 Å². The first-order valence-corrected chi connectivity index (χ1v) is 10.8. The van der Waals surface area contributed by atoms with Crippen LogP contribution in [0.2, 0.25) is 5.02 Å². The Hall–Kier alpha value is -3.07. The lowest BCUT2D eigenvalue weighted by Gasteiger charge is -2.27. The molecule has 0 unspecified atom stereocenters. The van der Waals surface area contributed by atoms with Gasteiger partial charge in [-0.3, -0.25) is 9.36 Å². The molecule has 1 saturated carbocycles. The summed E-state index contributed by atoms with van der Waals surface area (Å²) in [7, 11) is 0. The third-order valence-electron chi connectivity index (χ3n) is 5.56. The van der Waals surface area contributed by atoms with E-state index in [0.717, 1.165) is 29.7 Å². The van der Waals surface area contributed by atoms with Gasteiger partial charge in [0.05, 0.1) is 11.1 Å². The number of benzene rings is 2. The van der Waals surface area contributed by atoms with Crippen molar-refractivity contribution in [2.75, 3.05) is 0 Å². The molecule has 1 aromatic heterocycles. The molecule has 0 bridgehead atoms. The minimum Gasteiger partial charge on any atom is -0.346 e. The lowest BCUT2D eigenvalue weighted by molar-refractivity contribution is -0.137. The summed E-state index contributed by atoms with van der Waals surface area (Å²) in [4.78, 5) is 25.7. The third kappa shape index (κ3) is 4.98. The van der Waals surface area contributed by atoms with Gasteiger partial charge in [-0.1, -0.05) is 23.7 Å². The fourth-order valence-electron chi connectivity index (χ4n) is 3.65. The number of halogens is 4. The van der Waals surface area contributed by atoms with E-state index in [4.69, 9.17) is 11.6 Å². The maximum absolute atomic E-state index is 13.0. The summed E-state index contributed by atoms with van der Waals surface area (Å²) in [5, 5.41) is 7.73. The van der Waals surface area contributed by atoms with E-state index in [-0.39, 0.29) is 18.3 Å². The van der Waals surface area contributed by atoms with Gasteiger partial charge in [0.1, 0.15) is 6.54 Å². The van der Waals surface area contributed by atoms with Crippen LogP contribution in [0.25, 0.3) is 11.4 Å². The van der Waals surface area contributed by atoms with Crippen molar-refractivity contribution in [2.45, 2.75) is 51.0 Å². The van der Waals surface area contributed by atoms with Crippen LogP contribution in [0.5, 0.6) is 0 Å². The van der Waals surface area contributed by atoms with Crippen LogP contribution < -0.4 is 11.0 Å². The highest BCUT2D eigenvalue weighted by atomic mass is 35.5. The normalized spacial score (nSPS) is 14.4. The van der Waals surface area contributed by atoms with Crippen LogP contribution in [0.4, 0.5) is 13.2 Å². The third-order valence-corrected chi connectivity index (χ3v) is 5.82. The Labute approximate surface area is 193 Å². The molecule has 0 radical (unpaired) electrons. The van der Waals surface area contributed by atoms with Gasteiger partial charge in [0, 0.05) is 16.6 Å². The smallest absolute Gasteiger partial charge is 0.346 e. The lowest BCUT2D eigenvalue weighted by atomic mass is 9.93. The molecule has 174 valence electrons. The van der Waals surface area contributed by atoms with Crippen LogP contribution in [0.15, 0.2) is 53.3 Å². The minimum absolute atomic E-state index is 0.0450. The molecule has 0 atom stereocenters. The Morgan fingerprint density at radius 2 is 1.64 bits per heavy atom. The van der Waals surface area contributed by atoms with Crippen molar-refractivity contribution < 1.29 is 18.0 Å². The average molecular weight is 479 g/mol. The van der Waals surface area contributed by atoms with Crippen LogP contribution in [0.1, 0.15) is 43.9 Å². The van der Waals surface area contributed by atoms with E-state index in [0.29, 0.717) is 22.0 Å². The largest absolute Gasteiger partial charge is 0.416 e. The molecule has 6 nitrogen and oxygen atoms in total. The van der Waals surface area contributed by atoms with Crippen molar-refractivity contribution in [3.8, 4) is 11.4 Å². The highest BCUT2D eigenvalue weighted by Gasteiger charge is 2.33. The molecular formula is C23H22ClF3N4O2. The summed E-state index contributed by atoms with van der Waals surface area (Å²) < 4.78 is 41.2. The number of hydrogen-bond acceptors (Lipinski definition) is 3. The zero-order valence-electron chi connectivity index (χ0n) is 18.0. The molecule has 3 aromatic rings. The number of nitrogens with one attached hydrogen (secondary N) is 1. The quantitative estimate of drug-likeness (QED) is 0.555. The number of rotatable bonds is 6. The first-order chi connectivity index (χ1) is 15.5. The summed E-state index contributed by atoms with van der Waals surface area (Å²) in [5.41, 5.74) is -0.887. The van der Waals surface area contributed by atoms with Gasteiger partial charge in [-0.05, 0) is 68.7 Å². The Morgan fingerprint density at radius 3 is 2.18 bits per heavy atom. The van der Waals surface area contributed by atoms with Gasteiger partial charge >= 0.3 is 11.9 Å². The second-order valence-corrected chi connectivity index (χ2v) is 9.06. The van der Waals surface area contributed by atoms with E-state index < -0.39 is 23.2 Å². The highest BCUT2D eigenvalue weighted by Crippen LogP contribution is 2.36. The van der Waals surface area contributed by atoms with Gasteiger partial charge < -0.3 is 5.32 Å². The number of amides is 1. The predicted molar refractivity (Wildman–Crippen MR) is 118 cm³/mol. The lowest BCUT2D eigenvalue weighted by Crippen LogP contribution is -2.44. The summed E-state index contributed by atoms with van der Waals surface area (Å²) in [5.74, 6) is -0.0148. The number of aromatic nitrogens is 3. The van der Waals surface area contributed by atoms with E-state index in [1.54, 1.807) is 42.7 Å². The molecule has 1 heterocycles. The van der Waals surface area contributed by atoms with Crippen molar-refractivity contribution >= 4 is 17.5 Å². The molecule has 2 aromatic carbocycles. The molecule has 1 amide bonds. The Bertz CT molecular complexity index is 1220. The molecule has 10 heteroatoms.